The normalized spacial score (nSPS) is 14.2. The lowest BCUT2D eigenvalue weighted by molar-refractivity contribution is 0.0938. The highest BCUT2D eigenvalue weighted by Crippen LogP contribution is 2.28. The third-order valence-electron chi connectivity index (χ3n) is 6.73. The van der Waals surface area contributed by atoms with Gasteiger partial charge in [0.25, 0.3) is 5.91 Å². The van der Waals surface area contributed by atoms with Gasteiger partial charge in [-0.1, -0.05) is 73.5 Å². The molecule has 4 aromatic rings. The summed E-state index contributed by atoms with van der Waals surface area (Å²) in [7, 11) is 0. The largest absolute Gasteiger partial charge is 0.394 e. The lowest BCUT2D eigenvalue weighted by Gasteiger charge is -2.20. The number of benzene rings is 3. The summed E-state index contributed by atoms with van der Waals surface area (Å²) < 4.78 is 14.6. The molecule has 0 spiro atoms. The number of halogens is 1. The Labute approximate surface area is 221 Å². The summed E-state index contributed by atoms with van der Waals surface area (Å²) in [5.41, 5.74) is 2.95. The fraction of sp³-hybridized carbons (Fsp3) is 0.233. The molecule has 8 heteroatoms. The van der Waals surface area contributed by atoms with E-state index in [1.54, 1.807) is 12.1 Å². The number of nitrogens with one attached hydrogen (secondary N) is 3. The van der Waals surface area contributed by atoms with Crippen molar-refractivity contribution in [3.8, 4) is 11.1 Å². The first-order valence-corrected chi connectivity index (χ1v) is 12.8. The van der Waals surface area contributed by atoms with Crippen LogP contribution in [0.2, 0.25) is 0 Å². The number of aromatic nitrogens is 2. The van der Waals surface area contributed by atoms with E-state index in [1.807, 2.05) is 60.7 Å². The molecule has 1 saturated carbocycles. The Morgan fingerprint density at radius 2 is 1.71 bits per heavy atom. The van der Waals surface area contributed by atoms with E-state index in [1.165, 1.54) is 12.3 Å². The molecule has 38 heavy (non-hydrogen) atoms. The van der Waals surface area contributed by atoms with Crippen molar-refractivity contribution in [3.05, 3.63) is 102 Å². The van der Waals surface area contributed by atoms with E-state index in [-0.39, 0.29) is 30.3 Å². The fourth-order valence-corrected chi connectivity index (χ4v) is 4.71. The number of anilines is 3. The zero-order valence-electron chi connectivity index (χ0n) is 20.9. The molecule has 0 bridgehead atoms. The van der Waals surface area contributed by atoms with Gasteiger partial charge in [-0.25, -0.2) is 9.37 Å². The van der Waals surface area contributed by atoms with Crippen LogP contribution in [0.3, 0.4) is 0 Å². The van der Waals surface area contributed by atoms with E-state index in [9.17, 15) is 14.3 Å². The second-order valence-electron chi connectivity index (χ2n) is 9.39. The predicted octanol–water partition coefficient (Wildman–Crippen LogP) is 5.84. The van der Waals surface area contributed by atoms with Crippen molar-refractivity contribution < 1.29 is 14.3 Å². The maximum absolute atomic E-state index is 14.6. The van der Waals surface area contributed by atoms with Crippen molar-refractivity contribution in [2.45, 2.75) is 37.8 Å². The molecule has 1 aromatic heterocycles. The van der Waals surface area contributed by atoms with Crippen molar-refractivity contribution in [3.63, 3.8) is 0 Å². The lowest BCUT2D eigenvalue weighted by atomic mass is 10.0. The summed E-state index contributed by atoms with van der Waals surface area (Å²) in [6.07, 6.45) is 5.57. The second-order valence-corrected chi connectivity index (χ2v) is 9.39. The third kappa shape index (κ3) is 5.98. The number of hydrogen-bond acceptors (Lipinski definition) is 6. The van der Waals surface area contributed by atoms with Crippen LogP contribution in [-0.4, -0.2) is 33.6 Å². The van der Waals surface area contributed by atoms with Crippen LogP contribution in [0.15, 0.2) is 85.1 Å². The Kier molecular flexibility index (Phi) is 7.89. The van der Waals surface area contributed by atoms with Gasteiger partial charge < -0.3 is 21.1 Å². The minimum absolute atomic E-state index is 0.131. The average Bonchev–Trinajstić information content (AvgIpc) is 3.47. The third-order valence-corrected chi connectivity index (χ3v) is 6.73. The molecule has 1 amide bonds. The molecule has 1 atom stereocenters. The maximum atomic E-state index is 14.6. The number of carbonyl (C=O) groups excluding carboxylic acids is 1. The van der Waals surface area contributed by atoms with Gasteiger partial charge in [-0.2, -0.15) is 4.98 Å². The van der Waals surface area contributed by atoms with Gasteiger partial charge in [0.1, 0.15) is 17.2 Å². The predicted molar refractivity (Wildman–Crippen MR) is 147 cm³/mol. The van der Waals surface area contributed by atoms with Crippen LogP contribution in [0, 0.1) is 5.82 Å². The van der Waals surface area contributed by atoms with Gasteiger partial charge in [0.15, 0.2) is 0 Å². The first-order chi connectivity index (χ1) is 18.6. The number of aliphatic hydroxyl groups excluding tert-OH is 1. The quantitative estimate of drug-likeness (QED) is 0.225. The number of hydrogen-bond donors (Lipinski definition) is 4. The van der Waals surface area contributed by atoms with Crippen molar-refractivity contribution in [2.24, 2.45) is 0 Å². The van der Waals surface area contributed by atoms with E-state index in [2.05, 4.69) is 25.9 Å². The standard InChI is InChI=1S/C30H30FN5O2/c31-26-16-15-23(17-24(26)20-9-3-1-4-10-20)34-30-32-18-25(29(38)33-22-13-7-8-14-22)28(36-30)35-27(19-37)21-11-5-2-6-12-21/h1-6,9-12,15-18,22,27,37H,7-8,13-14,19H2,(H,33,38)(H2,32,34,35,36)/t27-/m1/s1. The molecule has 5 rings (SSSR count). The molecule has 0 radical (unpaired) electrons. The highest BCUT2D eigenvalue weighted by molar-refractivity contribution is 5.99. The molecule has 4 N–H and O–H groups in total. The van der Waals surface area contributed by atoms with Gasteiger partial charge in [-0.15, -0.1) is 0 Å². The zero-order chi connectivity index (χ0) is 26.3. The Hall–Kier alpha value is -4.30. The topological polar surface area (TPSA) is 99.2 Å². The Morgan fingerprint density at radius 3 is 2.42 bits per heavy atom. The zero-order valence-corrected chi connectivity index (χ0v) is 20.9. The molecular formula is C30H30FN5O2. The van der Waals surface area contributed by atoms with Crippen molar-refractivity contribution in [1.29, 1.82) is 0 Å². The van der Waals surface area contributed by atoms with Gasteiger partial charge in [0.2, 0.25) is 5.95 Å². The second kappa shape index (κ2) is 11.8. The molecule has 0 aliphatic heterocycles. The van der Waals surface area contributed by atoms with E-state index in [4.69, 9.17) is 0 Å². The summed E-state index contributed by atoms with van der Waals surface area (Å²) in [5, 5.41) is 19.6. The molecule has 1 heterocycles. The van der Waals surface area contributed by atoms with E-state index < -0.39 is 6.04 Å². The maximum Gasteiger partial charge on any atom is 0.256 e. The van der Waals surface area contributed by atoms with E-state index in [0.717, 1.165) is 36.8 Å². The Bertz CT molecular complexity index is 1380. The van der Waals surface area contributed by atoms with Crippen LogP contribution >= 0.6 is 0 Å². The first-order valence-electron chi connectivity index (χ1n) is 12.8. The lowest BCUT2D eigenvalue weighted by Crippen LogP contribution is -2.33. The number of amides is 1. The SMILES string of the molecule is O=C(NC1CCCC1)c1cnc(Nc2ccc(F)c(-c3ccccc3)c2)nc1N[C@H](CO)c1ccccc1. The van der Waals surface area contributed by atoms with Crippen molar-refractivity contribution in [2.75, 3.05) is 17.2 Å². The van der Waals surface area contributed by atoms with Gasteiger partial charge >= 0.3 is 0 Å². The molecule has 3 aromatic carbocycles. The van der Waals surface area contributed by atoms with Crippen molar-refractivity contribution in [1.82, 2.24) is 15.3 Å². The number of rotatable bonds is 9. The fourth-order valence-electron chi connectivity index (χ4n) is 4.71. The molecule has 194 valence electrons. The van der Waals surface area contributed by atoms with E-state index in [0.29, 0.717) is 22.6 Å². The molecule has 1 fully saturated rings. The number of carbonyl (C=O) groups is 1. The first kappa shape index (κ1) is 25.4. The molecule has 7 nitrogen and oxygen atoms in total. The van der Waals surface area contributed by atoms with Crippen LogP contribution < -0.4 is 16.0 Å². The smallest absolute Gasteiger partial charge is 0.256 e. The van der Waals surface area contributed by atoms with Gasteiger partial charge in [-0.05, 0) is 42.2 Å². The highest BCUT2D eigenvalue weighted by atomic mass is 19.1. The minimum atomic E-state index is -0.479. The van der Waals surface area contributed by atoms with Gasteiger partial charge in [0, 0.05) is 23.5 Å². The molecule has 0 saturated heterocycles. The minimum Gasteiger partial charge on any atom is -0.394 e. The summed E-state index contributed by atoms with van der Waals surface area (Å²) in [4.78, 5) is 22.2. The van der Waals surface area contributed by atoms with Gasteiger partial charge in [-0.3, -0.25) is 4.79 Å². The van der Waals surface area contributed by atoms with Crippen LogP contribution in [0.1, 0.15) is 47.6 Å². The van der Waals surface area contributed by atoms with Crippen LogP contribution in [0.5, 0.6) is 0 Å². The summed E-state index contributed by atoms with van der Waals surface area (Å²) >= 11 is 0. The van der Waals surface area contributed by atoms with E-state index >= 15 is 0 Å². The molecular weight excluding hydrogens is 481 g/mol. The number of nitrogens with zero attached hydrogens (tertiary/aromatic N) is 2. The monoisotopic (exact) mass is 511 g/mol. The van der Waals surface area contributed by atoms with Crippen LogP contribution in [0.25, 0.3) is 11.1 Å². The number of aliphatic hydroxyl groups is 1. The summed E-state index contributed by atoms with van der Waals surface area (Å²) in [6.45, 7) is -0.196. The Morgan fingerprint density at radius 1 is 1.00 bits per heavy atom. The molecule has 1 aliphatic carbocycles. The average molecular weight is 512 g/mol. The van der Waals surface area contributed by atoms with Crippen LogP contribution in [0.4, 0.5) is 21.8 Å². The molecule has 1 aliphatic rings. The summed E-state index contributed by atoms with van der Waals surface area (Å²) in [5.74, 6) is -0.0620. The molecule has 0 unspecified atom stereocenters. The van der Waals surface area contributed by atoms with Gasteiger partial charge in [0.05, 0.1) is 12.6 Å². The highest BCUT2D eigenvalue weighted by Gasteiger charge is 2.23. The Balaban J connectivity index is 1.45. The van der Waals surface area contributed by atoms with Crippen LogP contribution in [-0.2, 0) is 0 Å². The summed E-state index contributed by atoms with van der Waals surface area (Å²) in [6, 6.07) is 23.1. The van der Waals surface area contributed by atoms with Crippen molar-refractivity contribution >= 4 is 23.4 Å².